The number of anilines is 1. The highest BCUT2D eigenvalue weighted by atomic mass is 35.5. The number of likely N-dealkylation sites (N-methyl/N-ethyl adjacent to an activating group) is 1. The summed E-state index contributed by atoms with van der Waals surface area (Å²) >= 11 is 5.99. The fourth-order valence-corrected chi connectivity index (χ4v) is 3.45. The zero-order valence-corrected chi connectivity index (χ0v) is 17.6. The molecule has 11 heteroatoms. The molecule has 5 N–H and O–H groups in total. The molecule has 1 unspecified atom stereocenters. The standard InChI is InChI=1S/C19H25ClN4O6/c1-9-6-10(16(26)22-9)7-14(15(25)18(28)21-2)23-17(27)12-8-11(20)4-5-13(12)24-19(29)30-3/h4-5,8-10,14-15,25H,6-7H2,1-3H3,(H,21,28)(H,22,26)(H,23,27)(H,24,29)/t9-,10+,14+,15?/m1/s1. The summed E-state index contributed by atoms with van der Waals surface area (Å²) in [5, 5.41) is 20.7. The maximum atomic E-state index is 12.9. The van der Waals surface area contributed by atoms with Crippen molar-refractivity contribution >= 4 is 41.1 Å². The van der Waals surface area contributed by atoms with Crippen LogP contribution in [0.25, 0.3) is 0 Å². The lowest BCUT2D eigenvalue weighted by Gasteiger charge is -2.25. The number of rotatable bonds is 7. The largest absolute Gasteiger partial charge is 0.453 e. The predicted molar refractivity (Wildman–Crippen MR) is 109 cm³/mol. The van der Waals surface area contributed by atoms with Crippen molar-refractivity contribution < 1.29 is 29.0 Å². The van der Waals surface area contributed by atoms with Gasteiger partial charge in [0.15, 0.2) is 6.10 Å². The van der Waals surface area contributed by atoms with Gasteiger partial charge in [-0.1, -0.05) is 11.6 Å². The van der Waals surface area contributed by atoms with Crippen LogP contribution in [0.1, 0.15) is 30.1 Å². The van der Waals surface area contributed by atoms with E-state index >= 15 is 0 Å². The molecule has 0 aromatic heterocycles. The van der Waals surface area contributed by atoms with Crippen molar-refractivity contribution in [3.8, 4) is 0 Å². The van der Waals surface area contributed by atoms with Gasteiger partial charge in [0, 0.05) is 24.0 Å². The molecule has 1 aliphatic rings. The quantitative estimate of drug-likeness (QED) is 0.420. The van der Waals surface area contributed by atoms with Gasteiger partial charge in [-0.15, -0.1) is 0 Å². The minimum absolute atomic E-state index is 0.00579. The highest BCUT2D eigenvalue weighted by Gasteiger charge is 2.36. The summed E-state index contributed by atoms with van der Waals surface area (Å²) in [7, 11) is 2.53. The Labute approximate surface area is 178 Å². The van der Waals surface area contributed by atoms with Crippen LogP contribution in [0.5, 0.6) is 0 Å². The molecule has 164 valence electrons. The topological polar surface area (TPSA) is 146 Å². The van der Waals surface area contributed by atoms with Gasteiger partial charge in [0.1, 0.15) is 0 Å². The van der Waals surface area contributed by atoms with Crippen molar-refractivity contribution in [1.29, 1.82) is 0 Å². The molecule has 0 spiro atoms. The number of hydrogen-bond donors (Lipinski definition) is 5. The first-order chi connectivity index (χ1) is 14.2. The molecule has 0 saturated carbocycles. The summed E-state index contributed by atoms with van der Waals surface area (Å²) in [5.74, 6) is -2.08. The number of amides is 4. The van der Waals surface area contributed by atoms with Crippen LogP contribution in [0.4, 0.5) is 10.5 Å². The second-order valence-electron chi connectivity index (χ2n) is 7.02. The fourth-order valence-electron chi connectivity index (χ4n) is 3.28. The lowest BCUT2D eigenvalue weighted by molar-refractivity contribution is -0.131. The van der Waals surface area contributed by atoms with E-state index in [0.29, 0.717) is 6.42 Å². The van der Waals surface area contributed by atoms with E-state index in [1.54, 1.807) is 0 Å². The molecule has 0 radical (unpaired) electrons. The lowest BCUT2D eigenvalue weighted by Crippen LogP contribution is -2.51. The Bertz CT molecular complexity index is 833. The van der Waals surface area contributed by atoms with E-state index in [9.17, 15) is 24.3 Å². The fraction of sp³-hybridized carbons (Fsp3) is 0.474. The number of carbonyl (C=O) groups is 4. The molecule has 10 nitrogen and oxygen atoms in total. The first-order valence-electron chi connectivity index (χ1n) is 9.31. The molecule has 1 aromatic carbocycles. The lowest BCUT2D eigenvalue weighted by atomic mass is 9.93. The summed E-state index contributed by atoms with van der Waals surface area (Å²) < 4.78 is 4.54. The number of halogens is 1. The van der Waals surface area contributed by atoms with Crippen LogP contribution >= 0.6 is 11.6 Å². The van der Waals surface area contributed by atoms with Crippen molar-refractivity contribution in [2.24, 2.45) is 5.92 Å². The van der Waals surface area contributed by atoms with Gasteiger partial charge in [0.25, 0.3) is 11.8 Å². The number of ether oxygens (including phenoxy) is 1. The maximum Gasteiger partial charge on any atom is 0.411 e. The molecule has 0 aliphatic carbocycles. The smallest absolute Gasteiger partial charge is 0.411 e. The molecule has 1 saturated heterocycles. The highest BCUT2D eigenvalue weighted by molar-refractivity contribution is 6.31. The van der Waals surface area contributed by atoms with Crippen molar-refractivity contribution in [2.75, 3.05) is 19.5 Å². The molecule has 1 aliphatic heterocycles. The van der Waals surface area contributed by atoms with E-state index in [1.165, 1.54) is 32.4 Å². The Morgan fingerprint density at radius 1 is 1.37 bits per heavy atom. The summed E-state index contributed by atoms with van der Waals surface area (Å²) in [6.07, 6.45) is -1.81. The average Bonchev–Trinajstić information content (AvgIpc) is 3.03. The Morgan fingerprint density at radius 3 is 2.63 bits per heavy atom. The predicted octanol–water partition coefficient (Wildman–Crippen LogP) is 0.638. The van der Waals surface area contributed by atoms with E-state index in [0.717, 1.165) is 0 Å². The van der Waals surface area contributed by atoms with Gasteiger partial charge < -0.3 is 25.8 Å². The Morgan fingerprint density at radius 2 is 2.07 bits per heavy atom. The third kappa shape index (κ3) is 5.83. The summed E-state index contributed by atoms with van der Waals surface area (Å²) in [5.41, 5.74) is 0.135. The van der Waals surface area contributed by atoms with Crippen molar-refractivity contribution in [1.82, 2.24) is 16.0 Å². The molecule has 30 heavy (non-hydrogen) atoms. The SMILES string of the molecule is CNC(=O)C(O)[C@H](C[C@@H]1C[C@@H](C)NC1=O)NC(=O)c1cc(Cl)ccc1NC(=O)OC. The maximum absolute atomic E-state index is 12.9. The monoisotopic (exact) mass is 440 g/mol. The van der Waals surface area contributed by atoms with Gasteiger partial charge in [0.05, 0.1) is 24.4 Å². The minimum Gasteiger partial charge on any atom is -0.453 e. The van der Waals surface area contributed by atoms with E-state index in [-0.39, 0.29) is 34.6 Å². The molecule has 1 fully saturated rings. The number of carbonyl (C=O) groups excluding carboxylic acids is 4. The zero-order chi connectivity index (χ0) is 22.4. The van der Waals surface area contributed by atoms with Gasteiger partial charge in [-0.3, -0.25) is 19.7 Å². The van der Waals surface area contributed by atoms with E-state index in [4.69, 9.17) is 11.6 Å². The number of methoxy groups -OCH3 is 1. The molecular weight excluding hydrogens is 416 g/mol. The van der Waals surface area contributed by atoms with Crippen LogP contribution in [0.2, 0.25) is 5.02 Å². The van der Waals surface area contributed by atoms with Crippen LogP contribution < -0.4 is 21.3 Å². The molecule has 2 rings (SSSR count). The molecule has 1 heterocycles. The molecule has 4 atom stereocenters. The summed E-state index contributed by atoms with van der Waals surface area (Å²) in [6, 6.07) is 3.13. The third-order valence-corrected chi connectivity index (χ3v) is 5.03. The van der Waals surface area contributed by atoms with Crippen molar-refractivity contribution in [3.63, 3.8) is 0 Å². The third-order valence-electron chi connectivity index (χ3n) is 4.80. The van der Waals surface area contributed by atoms with E-state index < -0.39 is 36.0 Å². The minimum atomic E-state index is -1.58. The second-order valence-corrected chi connectivity index (χ2v) is 7.46. The van der Waals surface area contributed by atoms with Gasteiger partial charge in [-0.05, 0) is 38.0 Å². The number of aliphatic hydroxyl groups is 1. The second kappa shape index (κ2) is 10.3. The van der Waals surface area contributed by atoms with Crippen LogP contribution in [-0.4, -0.2) is 61.3 Å². The Hall–Kier alpha value is -2.85. The first kappa shape index (κ1) is 23.4. The van der Waals surface area contributed by atoms with E-state index in [1.807, 2.05) is 6.92 Å². The summed E-state index contributed by atoms with van der Waals surface area (Å²) in [4.78, 5) is 48.6. The molecule has 4 amide bonds. The Balaban J connectivity index is 2.27. The number of hydrogen-bond acceptors (Lipinski definition) is 6. The average molecular weight is 441 g/mol. The van der Waals surface area contributed by atoms with Crippen LogP contribution in [0, 0.1) is 5.92 Å². The van der Waals surface area contributed by atoms with Crippen molar-refractivity contribution in [3.05, 3.63) is 28.8 Å². The molecular formula is C19H25ClN4O6. The van der Waals surface area contributed by atoms with Crippen LogP contribution in [0.15, 0.2) is 18.2 Å². The van der Waals surface area contributed by atoms with Gasteiger partial charge >= 0.3 is 6.09 Å². The normalized spacial score (nSPS) is 20.0. The van der Waals surface area contributed by atoms with Gasteiger partial charge in [-0.2, -0.15) is 0 Å². The number of aliphatic hydroxyl groups excluding tert-OH is 1. The van der Waals surface area contributed by atoms with Gasteiger partial charge in [0.2, 0.25) is 5.91 Å². The molecule has 0 bridgehead atoms. The Kier molecular flexibility index (Phi) is 8.01. The van der Waals surface area contributed by atoms with Crippen LogP contribution in [-0.2, 0) is 14.3 Å². The molecule has 1 aromatic rings. The van der Waals surface area contributed by atoms with E-state index in [2.05, 4.69) is 26.0 Å². The number of nitrogens with one attached hydrogen (secondary N) is 4. The van der Waals surface area contributed by atoms with Crippen molar-refractivity contribution in [2.45, 2.75) is 38.0 Å². The van der Waals surface area contributed by atoms with Gasteiger partial charge in [-0.25, -0.2) is 4.79 Å². The highest BCUT2D eigenvalue weighted by Crippen LogP contribution is 2.24. The number of benzene rings is 1. The summed E-state index contributed by atoms with van der Waals surface area (Å²) in [6.45, 7) is 1.84. The zero-order valence-electron chi connectivity index (χ0n) is 16.8. The van der Waals surface area contributed by atoms with Crippen LogP contribution in [0.3, 0.4) is 0 Å². The first-order valence-corrected chi connectivity index (χ1v) is 9.69.